The molecule has 0 unspecified atom stereocenters. The molecule has 0 spiro atoms. The summed E-state index contributed by atoms with van der Waals surface area (Å²) in [4.78, 5) is 26.9. The summed E-state index contributed by atoms with van der Waals surface area (Å²) in [7, 11) is 0. The Morgan fingerprint density at radius 3 is 2.67 bits per heavy atom. The predicted molar refractivity (Wildman–Crippen MR) is 89.7 cm³/mol. The van der Waals surface area contributed by atoms with Gasteiger partial charge in [-0.05, 0) is 49.8 Å². The van der Waals surface area contributed by atoms with E-state index in [0.29, 0.717) is 16.9 Å². The van der Waals surface area contributed by atoms with Gasteiger partial charge in [0.05, 0.1) is 5.56 Å². The molecular weight excluding hydrogens is 306 g/mol. The summed E-state index contributed by atoms with van der Waals surface area (Å²) in [6.45, 7) is 4.02. The van der Waals surface area contributed by atoms with Crippen molar-refractivity contribution < 1.29 is 9.90 Å². The van der Waals surface area contributed by atoms with E-state index in [4.69, 9.17) is 0 Å². The highest BCUT2D eigenvalue weighted by Gasteiger charge is 2.33. The highest BCUT2D eigenvalue weighted by atomic mass is 16.4. The molecule has 2 heterocycles. The van der Waals surface area contributed by atoms with Gasteiger partial charge in [0.1, 0.15) is 5.52 Å². The number of carbonyl (C=O) groups is 1. The molecule has 0 bridgehead atoms. The van der Waals surface area contributed by atoms with Gasteiger partial charge in [0, 0.05) is 17.3 Å². The van der Waals surface area contributed by atoms with Crippen molar-refractivity contribution in [1.82, 2.24) is 14.6 Å². The van der Waals surface area contributed by atoms with Crippen LogP contribution >= 0.6 is 0 Å². The lowest BCUT2D eigenvalue weighted by Crippen LogP contribution is -2.14. The molecule has 0 amide bonds. The summed E-state index contributed by atoms with van der Waals surface area (Å²) in [5.41, 5.74) is 3.90. The van der Waals surface area contributed by atoms with E-state index in [1.165, 1.54) is 10.7 Å². The van der Waals surface area contributed by atoms with Crippen LogP contribution in [0.3, 0.4) is 0 Å². The Bertz CT molecular complexity index is 1040. The lowest BCUT2D eigenvalue weighted by Gasteiger charge is -2.06. The van der Waals surface area contributed by atoms with Gasteiger partial charge < -0.3 is 10.1 Å². The fourth-order valence-corrected chi connectivity index (χ4v) is 3.09. The highest BCUT2D eigenvalue weighted by molar-refractivity contribution is 5.92. The Hall–Kier alpha value is -2.89. The van der Waals surface area contributed by atoms with Crippen molar-refractivity contribution in [3.63, 3.8) is 0 Å². The zero-order valence-corrected chi connectivity index (χ0v) is 13.5. The summed E-state index contributed by atoms with van der Waals surface area (Å²) in [5.74, 6) is -0.434. The lowest BCUT2D eigenvalue weighted by molar-refractivity contribution is 0.0696. The number of hydrogen-bond donors (Lipinski definition) is 2. The molecule has 1 aliphatic carbocycles. The number of H-pyrrole nitrogens is 1. The molecule has 2 N–H and O–H groups in total. The maximum atomic E-state index is 12.6. The number of aryl methyl sites for hydroxylation is 2. The van der Waals surface area contributed by atoms with Gasteiger partial charge in [-0.3, -0.25) is 4.79 Å². The monoisotopic (exact) mass is 323 g/mol. The Morgan fingerprint density at radius 1 is 1.29 bits per heavy atom. The minimum Gasteiger partial charge on any atom is -0.478 e. The zero-order valence-electron chi connectivity index (χ0n) is 13.5. The maximum absolute atomic E-state index is 12.6. The molecule has 3 aromatic rings. The standard InChI is InChI=1S/C18H17N3O3/c1-9-3-4-12(7-10(9)2)16-19-17(22)15-14(11-5-6-11)13(18(23)24)8-21(15)20-16/h3-4,7-8,11H,5-6H2,1-2H3,(H,23,24)(H,19,20,22). The molecule has 1 fully saturated rings. The van der Waals surface area contributed by atoms with Crippen LogP contribution in [0, 0.1) is 13.8 Å². The fraction of sp³-hybridized carbons (Fsp3) is 0.278. The minimum atomic E-state index is -1.02. The van der Waals surface area contributed by atoms with Crippen molar-refractivity contribution >= 4 is 11.5 Å². The number of fused-ring (bicyclic) bond motifs is 1. The Balaban J connectivity index is 1.96. The highest BCUT2D eigenvalue weighted by Crippen LogP contribution is 2.43. The van der Waals surface area contributed by atoms with Crippen LogP contribution in [-0.2, 0) is 0 Å². The molecule has 0 radical (unpaired) electrons. The first-order chi connectivity index (χ1) is 11.5. The van der Waals surface area contributed by atoms with Crippen LogP contribution in [-0.4, -0.2) is 25.7 Å². The van der Waals surface area contributed by atoms with Crippen LogP contribution in [0.15, 0.2) is 29.2 Å². The van der Waals surface area contributed by atoms with E-state index in [1.807, 2.05) is 32.0 Å². The molecule has 24 heavy (non-hydrogen) atoms. The van der Waals surface area contributed by atoms with Gasteiger partial charge in [-0.1, -0.05) is 12.1 Å². The zero-order chi connectivity index (χ0) is 17.0. The maximum Gasteiger partial charge on any atom is 0.337 e. The number of benzene rings is 1. The second-order valence-corrected chi connectivity index (χ2v) is 6.43. The SMILES string of the molecule is Cc1ccc(-c2nn3cc(C(=O)O)c(C4CC4)c3c(=O)[nH]2)cc1C. The normalized spacial score (nSPS) is 14.2. The number of rotatable bonds is 3. The number of nitrogens with zero attached hydrogens (tertiary/aromatic N) is 2. The van der Waals surface area contributed by atoms with Gasteiger partial charge in [-0.25, -0.2) is 9.31 Å². The van der Waals surface area contributed by atoms with E-state index >= 15 is 0 Å². The van der Waals surface area contributed by atoms with Gasteiger partial charge in [-0.2, -0.15) is 0 Å². The number of aromatic nitrogens is 3. The molecule has 1 aromatic carbocycles. The summed E-state index contributed by atoms with van der Waals surface area (Å²) >= 11 is 0. The van der Waals surface area contributed by atoms with Crippen molar-refractivity contribution in [1.29, 1.82) is 0 Å². The summed E-state index contributed by atoms with van der Waals surface area (Å²) in [5, 5.41) is 13.9. The van der Waals surface area contributed by atoms with E-state index in [0.717, 1.165) is 29.5 Å². The number of carboxylic acid groups (broad SMARTS) is 1. The molecule has 6 nitrogen and oxygen atoms in total. The van der Waals surface area contributed by atoms with Crippen molar-refractivity contribution in [2.24, 2.45) is 0 Å². The Labute approximate surface area is 137 Å². The second-order valence-electron chi connectivity index (χ2n) is 6.43. The Morgan fingerprint density at radius 2 is 2.04 bits per heavy atom. The van der Waals surface area contributed by atoms with Crippen LogP contribution in [0.1, 0.15) is 45.8 Å². The van der Waals surface area contributed by atoms with E-state index in [2.05, 4.69) is 10.1 Å². The van der Waals surface area contributed by atoms with Crippen LogP contribution in [0.2, 0.25) is 0 Å². The first-order valence-electron chi connectivity index (χ1n) is 7.92. The average Bonchev–Trinajstić information content (AvgIpc) is 3.29. The fourth-order valence-electron chi connectivity index (χ4n) is 3.09. The molecule has 1 saturated carbocycles. The third-order valence-electron chi connectivity index (χ3n) is 4.68. The lowest BCUT2D eigenvalue weighted by atomic mass is 10.1. The first-order valence-corrected chi connectivity index (χ1v) is 7.92. The van der Waals surface area contributed by atoms with Crippen LogP contribution in [0.5, 0.6) is 0 Å². The second kappa shape index (κ2) is 5.06. The predicted octanol–water partition coefficient (Wildman–Crippen LogP) is 2.88. The number of aromatic amines is 1. The summed E-state index contributed by atoms with van der Waals surface area (Å²) in [6, 6.07) is 5.83. The average molecular weight is 323 g/mol. The number of nitrogens with one attached hydrogen (secondary N) is 1. The number of aromatic carboxylic acids is 1. The largest absolute Gasteiger partial charge is 0.478 e. The van der Waals surface area contributed by atoms with Gasteiger partial charge >= 0.3 is 5.97 Å². The summed E-state index contributed by atoms with van der Waals surface area (Å²) < 4.78 is 1.42. The number of hydrogen-bond acceptors (Lipinski definition) is 3. The van der Waals surface area contributed by atoms with Crippen molar-refractivity contribution in [3.8, 4) is 11.4 Å². The van der Waals surface area contributed by atoms with Crippen molar-refractivity contribution in [2.75, 3.05) is 0 Å². The quantitative estimate of drug-likeness (QED) is 0.776. The van der Waals surface area contributed by atoms with E-state index in [9.17, 15) is 14.7 Å². The molecule has 2 aromatic heterocycles. The van der Waals surface area contributed by atoms with Gasteiger partial charge in [0.25, 0.3) is 5.56 Å². The molecule has 122 valence electrons. The third kappa shape index (κ3) is 2.22. The van der Waals surface area contributed by atoms with Crippen LogP contribution in [0.4, 0.5) is 0 Å². The van der Waals surface area contributed by atoms with Crippen molar-refractivity contribution in [3.05, 3.63) is 57.0 Å². The topological polar surface area (TPSA) is 87.5 Å². The van der Waals surface area contributed by atoms with Gasteiger partial charge in [0.15, 0.2) is 5.82 Å². The number of carboxylic acids is 1. The minimum absolute atomic E-state index is 0.150. The third-order valence-corrected chi connectivity index (χ3v) is 4.68. The molecule has 0 atom stereocenters. The van der Waals surface area contributed by atoms with Crippen molar-refractivity contribution in [2.45, 2.75) is 32.6 Å². The molecule has 6 heteroatoms. The van der Waals surface area contributed by atoms with Crippen LogP contribution in [0.25, 0.3) is 16.9 Å². The first kappa shape index (κ1) is 14.7. The van der Waals surface area contributed by atoms with E-state index in [-0.39, 0.29) is 17.0 Å². The van der Waals surface area contributed by atoms with E-state index < -0.39 is 5.97 Å². The van der Waals surface area contributed by atoms with E-state index in [1.54, 1.807) is 0 Å². The summed E-state index contributed by atoms with van der Waals surface area (Å²) in [6.07, 6.45) is 3.28. The molecular formula is C18H17N3O3. The molecule has 4 rings (SSSR count). The molecule has 0 saturated heterocycles. The Kier molecular flexibility index (Phi) is 3.09. The van der Waals surface area contributed by atoms with Crippen LogP contribution < -0.4 is 5.56 Å². The molecule has 1 aliphatic rings. The smallest absolute Gasteiger partial charge is 0.337 e. The molecule has 0 aliphatic heterocycles. The van der Waals surface area contributed by atoms with Gasteiger partial charge in [0.2, 0.25) is 0 Å². The van der Waals surface area contributed by atoms with Gasteiger partial charge in [-0.15, -0.1) is 5.10 Å².